The van der Waals surface area contributed by atoms with Crippen molar-refractivity contribution in [2.24, 2.45) is 0 Å². The molecule has 6 heteroatoms. The number of methoxy groups -OCH3 is 1. The van der Waals surface area contributed by atoms with Gasteiger partial charge in [-0.3, -0.25) is 19.8 Å². The molecule has 2 aromatic rings. The Morgan fingerprint density at radius 1 is 1.24 bits per heavy atom. The van der Waals surface area contributed by atoms with Crippen molar-refractivity contribution >= 4 is 23.0 Å². The number of benzene rings is 2. The number of hydrogen-bond acceptors (Lipinski definition) is 4. The molecule has 106 valence electrons. The summed E-state index contributed by atoms with van der Waals surface area (Å²) in [4.78, 5) is 23.8. The number of nitro groups is 1. The highest BCUT2D eigenvalue weighted by Crippen LogP contribution is 2.62. The fourth-order valence-electron chi connectivity index (χ4n) is 2.50. The van der Waals surface area contributed by atoms with E-state index >= 15 is 0 Å². The van der Waals surface area contributed by atoms with Crippen molar-refractivity contribution in [1.29, 1.82) is 0 Å². The molecule has 0 radical (unpaired) electrons. The van der Waals surface area contributed by atoms with Crippen LogP contribution in [0.5, 0.6) is 5.75 Å². The Morgan fingerprint density at radius 2 is 1.90 bits per heavy atom. The Balaban J connectivity index is 2.26. The number of carbonyl (C=O) groups excluding carboxylic acids is 1. The number of nitrogens with zero attached hydrogens (tertiary/aromatic N) is 2. The van der Waals surface area contributed by atoms with E-state index in [2.05, 4.69) is 0 Å². The Labute approximate surface area is 120 Å². The Kier molecular flexibility index (Phi) is 2.86. The number of fused-ring (bicyclic) bond motifs is 1. The molecule has 1 aliphatic rings. The Hall–Kier alpha value is -2.89. The average Bonchev–Trinajstić information content (AvgIpc) is 3.21. The van der Waals surface area contributed by atoms with Crippen molar-refractivity contribution in [2.75, 3.05) is 12.0 Å². The summed E-state index contributed by atoms with van der Waals surface area (Å²) in [5.74, 6) is -0.0973. The molecule has 0 aliphatic carbocycles. The monoisotopic (exact) mass is 284 g/mol. The van der Waals surface area contributed by atoms with Crippen molar-refractivity contribution < 1.29 is 14.5 Å². The third-order valence-corrected chi connectivity index (χ3v) is 3.41. The van der Waals surface area contributed by atoms with Gasteiger partial charge in [0.2, 0.25) is 5.91 Å². The third kappa shape index (κ3) is 1.92. The molecule has 0 aromatic heterocycles. The van der Waals surface area contributed by atoms with Crippen molar-refractivity contribution in [3.63, 3.8) is 0 Å². The van der Waals surface area contributed by atoms with Crippen LogP contribution in [-0.4, -0.2) is 17.9 Å². The van der Waals surface area contributed by atoms with Crippen LogP contribution >= 0.6 is 0 Å². The van der Waals surface area contributed by atoms with Gasteiger partial charge in [-0.2, -0.15) is 0 Å². The van der Waals surface area contributed by atoms with Gasteiger partial charge in [-0.15, -0.1) is 0 Å². The molecule has 0 saturated heterocycles. The minimum absolute atomic E-state index is 0.154. The topological polar surface area (TPSA) is 72.5 Å². The number of amides is 1. The first kappa shape index (κ1) is 13.1. The van der Waals surface area contributed by atoms with E-state index in [0.29, 0.717) is 11.4 Å². The van der Waals surface area contributed by atoms with Crippen LogP contribution in [0.15, 0.2) is 36.4 Å². The molecular formula is C15H12N2O4. The van der Waals surface area contributed by atoms with Crippen molar-refractivity contribution in [3.8, 4) is 16.9 Å². The maximum Gasteiger partial charge on any atom is 0.336 e. The van der Waals surface area contributed by atoms with Gasteiger partial charge in [0, 0.05) is 12.5 Å². The second kappa shape index (κ2) is 4.59. The number of ether oxygens (including phenoxy) is 1. The maximum atomic E-state index is 11.7. The van der Waals surface area contributed by atoms with Crippen LogP contribution < -0.4 is 9.64 Å². The SMILES string of the molecule is COc1cc(-c2ccccc2)c2c(c1[N+](=O)[O-])N2C(C)=O. The highest BCUT2D eigenvalue weighted by Gasteiger charge is 2.46. The van der Waals surface area contributed by atoms with E-state index < -0.39 is 4.92 Å². The molecule has 1 heterocycles. The second-order valence-corrected chi connectivity index (χ2v) is 4.65. The van der Waals surface area contributed by atoms with Crippen molar-refractivity contribution in [1.82, 2.24) is 0 Å². The molecule has 0 saturated carbocycles. The van der Waals surface area contributed by atoms with Crippen molar-refractivity contribution in [3.05, 3.63) is 46.5 Å². The van der Waals surface area contributed by atoms with Gasteiger partial charge >= 0.3 is 5.69 Å². The largest absolute Gasteiger partial charge is 0.490 e. The standard InChI is InChI=1S/C15H12N2O4/c1-9(18)16-13-11(10-6-4-3-5-7-10)8-12(21-2)14(15(13)16)17(19)20/h3-8H,1-2H3. The molecule has 0 spiro atoms. The number of nitro benzene ring substituents is 1. The lowest BCUT2D eigenvalue weighted by Crippen LogP contribution is -2.07. The fourth-order valence-corrected chi connectivity index (χ4v) is 2.50. The van der Waals surface area contributed by atoms with Gasteiger partial charge in [-0.25, -0.2) is 0 Å². The summed E-state index contributed by atoms with van der Waals surface area (Å²) in [7, 11) is 1.38. The van der Waals surface area contributed by atoms with Crippen LogP contribution in [0.25, 0.3) is 11.1 Å². The van der Waals surface area contributed by atoms with Gasteiger partial charge in [-0.1, -0.05) is 30.3 Å². The normalized spacial score (nSPS) is 11.8. The molecule has 0 atom stereocenters. The van der Waals surface area contributed by atoms with Crippen LogP contribution in [0.3, 0.4) is 0 Å². The summed E-state index contributed by atoms with van der Waals surface area (Å²) in [5, 5.41) is 11.2. The predicted molar refractivity (Wildman–Crippen MR) is 77.9 cm³/mol. The maximum absolute atomic E-state index is 11.7. The van der Waals surface area contributed by atoms with E-state index in [-0.39, 0.29) is 17.3 Å². The number of hydrogen-bond donors (Lipinski definition) is 0. The minimum Gasteiger partial charge on any atom is -0.490 e. The highest BCUT2D eigenvalue weighted by atomic mass is 16.6. The van der Waals surface area contributed by atoms with E-state index in [1.54, 1.807) is 6.07 Å². The first-order chi connectivity index (χ1) is 10.1. The summed E-state index contributed by atoms with van der Waals surface area (Å²) in [6, 6.07) is 11.0. The van der Waals surface area contributed by atoms with Gasteiger partial charge in [0.15, 0.2) is 11.4 Å². The lowest BCUT2D eigenvalue weighted by molar-refractivity contribution is -0.384. The lowest BCUT2D eigenvalue weighted by Gasteiger charge is -2.03. The molecule has 0 fully saturated rings. The Morgan fingerprint density at radius 3 is 2.43 bits per heavy atom. The molecule has 21 heavy (non-hydrogen) atoms. The highest BCUT2D eigenvalue weighted by molar-refractivity contribution is 6.23. The molecule has 2 aromatic carbocycles. The third-order valence-electron chi connectivity index (χ3n) is 3.41. The molecule has 6 nitrogen and oxygen atoms in total. The molecule has 3 rings (SSSR count). The fraction of sp³-hybridized carbons (Fsp3) is 0.133. The van der Waals surface area contributed by atoms with Crippen LogP contribution in [0.4, 0.5) is 17.1 Å². The summed E-state index contributed by atoms with van der Waals surface area (Å²) >= 11 is 0. The van der Waals surface area contributed by atoms with E-state index in [1.165, 1.54) is 18.9 Å². The molecule has 0 N–H and O–H groups in total. The van der Waals surface area contributed by atoms with E-state index in [4.69, 9.17) is 4.74 Å². The molecule has 1 amide bonds. The summed E-state index contributed by atoms with van der Waals surface area (Å²) in [6.45, 7) is 1.38. The summed E-state index contributed by atoms with van der Waals surface area (Å²) < 4.78 is 5.13. The van der Waals surface area contributed by atoms with Crippen LogP contribution in [-0.2, 0) is 4.79 Å². The zero-order chi connectivity index (χ0) is 15.1. The number of anilines is 2. The molecule has 0 bridgehead atoms. The quantitative estimate of drug-likeness (QED) is 0.492. The first-order valence-corrected chi connectivity index (χ1v) is 6.31. The average molecular weight is 284 g/mol. The lowest BCUT2D eigenvalue weighted by atomic mass is 10.0. The zero-order valence-electron chi connectivity index (χ0n) is 11.5. The second-order valence-electron chi connectivity index (χ2n) is 4.65. The number of carbonyl (C=O) groups is 1. The van der Waals surface area contributed by atoms with Gasteiger partial charge in [0.25, 0.3) is 0 Å². The Bertz CT molecular complexity index is 756. The molecular weight excluding hydrogens is 272 g/mol. The first-order valence-electron chi connectivity index (χ1n) is 6.31. The van der Waals surface area contributed by atoms with Gasteiger partial charge in [0.1, 0.15) is 0 Å². The zero-order valence-corrected chi connectivity index (χ0v) is 11.5. The van der Waals surface area contributed by atoms with E-state index in [0.717, 1.165) is 11.1 Å². The molecule has 1 aliphatic heterocycles. The van der Waals surface area contributed by atoms with Crippen molar-refractivity contribution in [2.45, 2.75) is 6.92 Å². The van der Waals surface area contributed by atoms with Gasteiger partial charge < -0.3 is 4.74 Å². The van der Waals surface area contributed by atoms with E-state index in [1.807, 2.05) is 30.3 Å². The summed E-state index contributed by atoms with van der Waals surface area (Å²) in [6.07, 6.45) is 0. The van der Waals surface area contributed by atoms with Gasteiger partial charge in [0.05, 0.1) is 17.7 Å². The molecule has 0 unspecified atom stereocenters. The predicted octanol–water partition coefficient (Wildman–Crippen LogP) is 3.27. The summed E-state index contributed by atoms with van der Waals surface area (Å²) in [5.41, 5.74) is 2.38. The van der Waals surface area contributed by atoms with Crippen LogP contribution in [0.1, 0.15) is 6.92 Å². The van der Waals surface area contributed by atoms with Crippen LogP contribution in [0, 0.1) is 10.1 Å². The van der Waals surface area contributed by atoms with E-state index in [9.17, 15) is 14.9 Å². The smallest absolute Gasteiger partial charge is 0.336 e. The number of rotatable bonds is 3. The van der Waals surface area contributed by atoms with Crippen LogP contribution in [0.2, 0.25) is 0 Å². The van der Waals surface area contributed by atoms with Gasteiger partial charge in [-0.05, 0) is 11.6 Å². The minimum atomic E-state index is -0.518.